The van der Waals surface area contributed by atoms with E-state index in [1.54, 1.807) is 0 Å². The molecule has 0 aliphatic heterocycles. The Morgan fingerprint density at radius 1 is 1.26 bits per heavy atom. The summed E-state index contributed by atoms with van der Waals surface area (Å²) in [7, 11) is 0. The van der Waals surface area contributed by atoms with E-state index in [1.807, 2.05) is 0 Å². The Morgan fingerprint density at radius 3 is 2.78 bits per heavy atom. The quantitative estimate of drug-likeness (QED) is 0.647. The zero-order valence-corrected chi connectivity index (χ0v) is 14.8. The summed E-state index contributed by atoms with van der Waals surface area (Å²) in [5.74, 6) is 3.69. The highest BCUT2D eigenvalue weighted by Gasteiger charge is 2.55. The predicted molar refractivity (Wildman–Crippen MR) is 97.6 cm³/mol. The van der Waals surface area contributed by atoms with E-state index in [4.69, 9.17) is 5.73 Å². The molecule has 0 aromatic rings. The number of fused-ring (bicyclic) bond motifs is 5. The molecule has 4 aliphatic carbocycles. The van der Waals surface area contributed by atoms with Crippen LogP contribution in [0.1, 0.15) is 52.4 Å². The van der Waals surface area contributed by atoms with Gasteiger partial charge in [0.2, 0.25) is 0 Å². The van der Waals surface area contributed by atoms with Crippen LogP contribution in [0.3, 0.4) is 0 Å². The summed E-state index contributed by atoms with van der Waals surface area (Å²) in [6.45, 7) is 13.3. The van der Waals surface area contributed by atoms with Crippen molar-refractivity contribution in [3.8, 4) is 0 Å². The van der Waals surface area contributed by atoms with Crippen LogP contribution in [0.4, 0.5) is 0 Å². The first-order chi connectivity index (χ1) is 10.9. The van der Waals surface area contributed by atoms with Crippen LogP contribution in [-0.2, 0) is 0 Å². The lowest BCUT2D eigenvalue weighted by Crippen LogP contribution is -2.46. The van der Waals surface area contributed by atoms with E-state index in [9.17, 15) is 0 Å². The van der Waals surface area contributed by atoms with Crippen molar-refractivity contribution in [2.24, 2.45) is 40.7 Å². The summed E-state index contributed by atoms with van der Waals surface area (Å²) in [5.41, 5.74) is 12.1. The van der Waals surface area contributed by atoms with Crippen molar-refractivity contribution >= 4 is 0 Å². The van der Waals surface area contributed by atoms with Crippen LogP contribution in [0.5, 0.6) is 0 Å². The summed E-state index contributed by atoms with van der Waals surface area (Å²) < 4.78 is 0. The third-order valence-corrected chi connectivity index (χ3v) is 7.74. The van der Waals surface area contributed by atoms with Gasteiger partial charge in [0.25, 0.3) is 0 Å². The van der Waals surface area contributed by atoms with E-state index in [2.05, 4.69) is 39.2 Å². The molecule has 0 aromatic carbocycles. The molecule has 0 radical (unpaired) electrons. The first kappa shape index (κ1) is 15.3. The molecule has 0 heterocycles. The number of allylic oxidation sites excluding steroid dienone is 5. The van der Waals surface area contributed by atoms with Gasteiger partial charge < -0.3 is 5.73 Å². The topological polar surface area (TPSA) is 26.0 Å². The Kier molecular flexibility index (Phi) is 3.41. The van der Waals surface area contributed by atoms with Gasteiger partial charge in [-0.1, -0.05) is 43.4 Å². The fraction of sp³-hybridized carbons (Fsp3) is 0.636. The molecule has 124 valence electrons. The van der Waals surface area contributed by atoms with E-state index in [0.717, 1.165) is 24.0 Å². The zero-order valence-electron chi connectivity index (χ0n) is 14.8. The van der Waals surface area contributed by atoms with Gasteiger partial charge in [0.15, 0.2) is 0 Å². The highest BCUT2D eigenvalue weighted by atomic mass is 14.7. The molecule has 0 amide bonds. The molecule has 2 N–H and O–H groups in total. The Morgan fingerprint density at radius 2 is 2.04 bits per heavy atom. The Bertz CT molecular complexity index is 622. The van der Waals surface area contributed by atoms with Gasteiger partial charge >= 0.3 is 0 Å². The fourth-order valence-corrected chi connectivity index (χ4v) is 6.68. The number of rotatable bonds is 1. The van der Waals surface area contributed by atoms with Crippen molar-refractivity contribution in [2.75, 3.05) is 0 Å². The standard InChI is InChI=1S/C22H31N/c1-13(2)19-7-8-20-17-12-21(23)18-11-14(3)5-6-15(18)16(17)9-10-22(19,20)4/h11-12,15-17,19-20H,1,3,5-10,23H2,2,4H3. The van der Waals surface area contributed by atoms with Gasteiger partial charge in [-0.15, -0.1) is 0 Å². The van der Waals surface area contributed by atoms with Gasteiger partial charge in [-0.05, 0) is 86.0 Å². The smallest absolute Gasteiger partial charge is 0.0312 e. The van der Waals surface area contributed by atoms with E-state index in [0.29, 0.717) is 23.2 Å². The van der Waals surface area contributed by atoms with E-state index < -0.39 is 0 Å². The van der Waals surface area contributed by atoms with Crippen LogP contribution in [0.25, 0.3) is 0 Å². The monoisotopic (exact) mass is 309 g/mol. The summed E-state index contributed by atoms with van der Waals surface area (Å²) in [6, 6.07) is 0. The van der Waals surface area contributed by atoms with Crippen LogP contribution in [0.15, 0.2) is 47.7 Å². The van der Waals surface area contributed by atoms with E-state index in [1.165, 1.54) is 48.8 Å². The zero-order chi connectivity index (χ0) is 16.4. The molecule has 6 unspecified atom stereocenters. The maximum absolute atomic E-state index is 6.51. The van der Waals surface area contributed by atoms with E-state index >= 15 is 0 Å². The van der Waals surface area contributed by atoms with Crippen LogP contribution in [0.2, 0.25) is 0 Å². The van der Waals surface area contributed by atoms with Gasteiger partial charge in [0.05, 0.1) is 0 Å². The van der Waals surface area contributed by atoms with Crippen LogP contribution >= 0.6 is 0 Å². The molecule has 2 saturated carbocycles. The fourth-order valence-electron chi connectivity index (χ4n) is 6.68. The highest BCUT2D eigenvalue weighted by molar-refractivity contribution is 5.43. The molecule has 0 bridgehead atoms. The van der Waals surface area contributed by atoms with Crippen LogP contribution in [0, 0.1) is 35.0 Å². The lowest BCUT2D eigenvalue weighted by molar-refractivity contribution is 0.0206. The molecule has 1 heteroatoms. The largest absolute Gasteiger partial charge is 0.399 e. The van der Waals surface area contributed by atoms with Crippen LogP contribution in [-0.4, -0.2) is 0 Å². The number of hydrogen-bond donors (Lipinski definition) is 1. The Labute approximate surface area is 141 Å². The second kappa shape index (κ2) is 5.13. The second-order valence-corrected chi connectivity index (χ2v) is 8.89. The maximum atomic E-state index is 6.51. The van der Waals surface area contributed by atoms with Crippen molar-refractivity contribution in [1.82, 2.24) is 0 Å². The molecule has 6 atom stereocenters. The molecule has 4 rings (SSSR count). The number of nitrogens with two attached hydrogens (primary N) is 1. The average molecular weight is 309 g/mol. The summed E-state index contributed by atoms with van der Waals surface area (Å²) in [5, 5.41) is 0. The lowest BCUT2D eigenvalue weighted by Gasteiger charge is -2.53. The minimum absolute atomic E-state index is 0.448. The van der Waals surface area contributed by atoms with Gasteiger partial charge in [-0.25, -0.2) is 0 Å². The third kappa shape index (κ3) is 2.12. The molecule has 4 aliphatic rings. The van der Waals surface area contributed by atoms with Crippen LogP contribution < -0.4 is 5.73 Å². The molecule has 2 fully saturated rings. The van der Waals surface area contributed by atoms with Gasteiger partial charge in [0, 0.05) is 5.70 Å². The van der Waals surface area contributed by atoms with Crippen molar-refractivity contribution < 1.29 is 0 Å². The minimum atomic E-state index is 0.448. The molecule has 0 saturated heterocycles. The predicted octanol–water partition coefficient (Wildman–Crippen LogP) is 5.37. The molecule has 1 nitrogen and oxygen atoms in total. The van der Waals surface area contributed by atoms with Gasteiger partial charge in [-0.2, -0.15) is 0 Å². The summed E-state index contributed by atoms with van der Waals surface area (Å²) >= 11 is 0. The average Bonchev–Trinajstić information content (AvgIpc) is 2.85. The SMILES string of the molecule is C=C1C=C2C(N)=CC3C(CCC4(C)C(C(=C)C)CCC34)C2CC1. The summed E-state index contributed by atoms with van der Waals surface area (Å²) in [6.07, 6.45) is 12.6. The molecule has 0 spiro atoms. The second-order valence-electron chi connectivity index (χ2n) is 8.89. The van der Waals surface area contributed by atoms with Gasteiger partial charge in [-0.3, -0.25) is 0 Å². The number of hydrogen-bond acceptors (Lipinski definition) is 1. The van der Waals surface area contributed by atoms with Crippen molar-refractivity contribution in [1.29, 1.82) is 0 Å². The Hall–Kier alpha value is -1.24. The minimum Gasteiger partial charge on any atom is -0.399 e. The summed E-state index contributed by atoms with van der Waals surface area (Å²) in [4.78, 5) is 0. The molecule has 0 aromatic heterocycles. The van der Waals surface area contributed by atoms with E-state index in [-0.39, 0.29) is 0 Å². The molecular weight excluding hydrogens is 278 g/mol. The highest BCUT2D eigenvalue weighted by Crippen LogP contribution is 2.63. The van der Waals surface area contributed by atoms with Gasteiger partial charge in [0.1, 0.15) is 0 Å². The molecular formula is C22H31N. The lowest BCUT2D eigenvalue weighted by atomic mass is 9.52. The maximum Gasteiger partial charge on any atom is 0.0312 e. The third-order valence-electron chi connectivity index (χ3n) is 7.74. The normalized spacial score (nSPS) is 45.5. The first-order valence-electron chi connectivity index (χ1n) is 9.44. The van der Waals surface area contributed by atoms with Crippen molar-refractivity contribution in [3.05, 3.63) is 47.7 Å². The molecule has 23 heavy (non-hydrogen) atoms. The van der Waals surface area contributed by atoms with Crippen molar-refractivity contribution in [3.63, 3.8) is 0 Å². The Balaban J connectivity index is 1.72. The first-order valence-corrected chi connectivity index (χ1v) is 9.44. The van der Waals surface area contributed by atoms with Crippen molar-refractivity contribution in [2.45, 2.75) is 52.4 Å².